The summed E-state index contributed by atoms with van der Waals surface area (Å²) in [5.74, 6) is 0. The molecular formula is C13H23Cl3OSe. The molecule has 0 amide bonds. The number of halogens is 3. The van der Waals surface area contributed by atoms with Gasteiger partial charge in [0.15, 0.2) is 0 Å². The van der Waals surface area contributed by atoms with Crippen LogP contribution in [0.5, 0.6) is 0 Å². The topological polar surface area (TPSA) is 9.23 Å². The van der Waals surface area contributed by atoms with Crippen molar-refractivity contribution < 1.29 is 4.74 Å². The first-order chi connectivity index (χ1) is 8.57. The molecule has 4 atom stereocenters. The quantitative estimate of drug-likeness (QED) is 0.469. The molecule has 0 heterocycles. The first-order valence-corrected chi connectivity index (χ1v) is 13.9. The number of alkyl halides is 1. The van der Waals surface area contributed by atoms with Crippen LogP contribution in [0.2, 0.25) is 9.63 Å². The van der Waals surface area contributed by atoms with Crippen LogP contribution in [0, 0.1) is 0 Å². The van der Waals surface area contributed by atoms with Crippen molar-refractivity contribution in [1.29, 1.82) is 0 Å². The van der Waals surface area contributed by atoms with Crippen LogP contribution >= 0.6 is 31.8 Å². The summed E-state index contributed by atoms with van der Waals surface area (Å²) in [6, 6.07) is 0. The minimum atomic E-state index is -2.57. The van der Waals surface area contributed by atoms with Crippen molar-refractivity contribution >= 4 is 42.8 Å². The molecular weight excluding hydrogens is 357 g/mol. The van der Waals surface area contributed by atoms with Gasteiger partial charge in [-0.3, -0.25) is 0 Å². The molecule has 4 unspecified atom stereocenters. The van der Waals surface area contributed by atoms with Crippen LogP contribution in [-0.4, -0.2) is 29.6 Å². The molecule has 0 radical (unpaired) electrons. The van der Waals surface area contributed by atoms with E-state index in [-0.39, 0.29) is 11.5 Å². The molecule has 0 N–H and O–H groups in total. The van der Waals surface area contributed by atoms with Gasteiger partial charge in [-0.15, -0.1) is 0 Å². The van der Waals surface area contributed by atoms with Gasteiger partial charge in [-0.2, -0.15) is 0 Å². The van der Waals surface area contributed by atoms with E-state index < -0.39 is 11.0 Å². The van der Waals surface area contributed by atoms with Gasteiger partial charge in [0, 0.05) is 0 Å². The van der Waals surface area contributed by atoms with E-state index in [0.29, 0.717) is 9.63 Å². The first kappa shape index (κ1) is 15.7. The van der Waals surface area contributed by atoms with Gasteiger partial charge in [0.2, 0.25) is 0 Å². The zero-order valence-corrected chi connectivity index (χ0v) is 14.9. The number of methoxy groups -OCH3 is 1. The van der Waals surface area contributed by atoms with Crippen LogP contribution in [0.25, 0.3) is 0 Å². The molecule has 2 rings (SSSR count). The van der Waals surface area contributed by atoms with E-state index in [9.17, 15) is 0 Å². The minimum absolute atomic E-state index is 0.188. The Hall–Kier alpha value is 1.35. The first-order valence-electron chi connectivity index (χ1n) is 6.94. The average Bonchev–Trinajstić information content (AvgIpc) is 2.39. The summed E-state index contributed by atoms with van der Waals surface area (Å²) in [7, 11) is 15.6. The summed E-state index contributed by atoms with van der Waals surface area (Å²) < 4.78 is 5.64. The summed E-state index contributed by atoms with van der Waals surface area (Å²) in [5, 5.41) is 0.188. The molecule has 5 heteroatoms. The van der Waals surface area contributed by atoms with Gasteiger partial charge in [-0.1, -0.05) is 0 Å². The standard InChI is InChI=1S/C13H23Cl3OSe/c1-17-11-7-3-5-9-13(11)18(15,16)12-8-4-2-6-10(12)14/h10-13H,2-9H2,1H3. The molecule has 0 aromatic carbocycles. The maximum atomic E-state index is 6.92. The van der Waals surface area contributed by atoms with E-state index in [1.807, 2.05) is 0 Å². The van der Waals surface area contributed by atoms with E-state index in [4.69, 9.17) is 36.5 Å². The Morgan fingerprint density at radius 2 is 1.44 bits per heavy atom. The fourth-order valence-corrected chi connectivity index (χ4v) is 14.8. The SMILES string of the molecule is COC1CCCCC1[Se](Cl)(Cl)C1CCCCC1Cl. The molecule has 1 nitrogen and oxygen atoms in total. The van der Waals surface area contributed by atoms with Crippen LogP contribution in [0.4, 0.5) is 0 Å². The Kier molecular flexibility index (Phi) is 6.01. The maximum absolute atomic E-state index is 6.92. The van der Waals surface area contributed by atoms with Crippen LogP contribution in [0.1, 0.15) is 51.4 Å². The molecule has 0 saturated heterocycles. The fraction of sp³-hybridized carbons (Fsp3) is 1.00. The third-order valence-electron chi connectivity index (χ3n) is 4.37. The van der Waals surface area contributed by atoms with Gasteiger partial charge in [-0.05, 0) is 0 Å². The molecule has 2 saturated carbocycles. The van der Waals surface area contributed by atoms with Crippen molar-refractivity contribution in [1.82, 2.24) is 0 Å². The molecule has 0 aromatic rings. The molecule has 2 aliphatic rings. The van der Waals surface area contributed by atoms with Crippen LogP contribution in [0.15, 0.2) is 0 Å². The van der Waals surface area contributed by atoms with Crippen molar-refractivity contribution in [3.8, 4) is 0 Å². The zero-order chi connectivity index (χ0) is 13.2. The molecule has 108 valence electrons. The van der Waals surface area contributed by atoms with Crippen molar-refractivity contribution in [3.63, 3.8) is 0 Å². The second-order valence-corrected chi connectivity index (χ2v) is 17.0. The van der Waals surface area contributed by atoms with E-state index in [0.717, 1.165) is 25.7 Å². The summed E-state index contributed by atoms with van der Waals surface area (Å²) in [4.78, 5) is 0.744. The summed E-state index contributed by atoms with van der Waals surface area (Å²) >= 11 is 3.94. The fourth-order valence-electron chi connectivity index (χ4n) is 3.32. The number of hydrogen-bond donors (Lipinski definition) is 0. The number of hydrogen-bond acceptors (Lipinski definition) is 1. The summed E-state index contributed by atoms with van der Waals surface area (Å²) in [6.45, 7) is 0. The summed E-state index contributed by atoms with van der Waals surface area (Å²) in [5.41, 5.74) is 0. The third-order valence-corrected chi connectivity index (χ3v) is 15.7. The Morgan fingerprint density at radius 3 is 2.06 bits per heavy atom. The van der Waals surface area contributed by atoms with Gasteiger partial charge >= 0.3 is 127 Å². The molecule has 2 fully saturated rings. The van der Waals surface area contributed by atoms with E-state index >= 15 is 0 Å². The van der Waals surface area contributed by atoms with E-state index in [1.54, 1.807) is 7.11 Å². The predicted molar refractivity (Wildman–Crippen MR) is 82.3 cm³/mol. The van der Waals surface area contributed by atoms with Crippen molar-refractivity contribution in [2.24, 2.45) is 0 Å². The van der Waals surface area contributed by atoms with Gasteiger partial charge in [-0.25, -0.2) is 0 Å². The molecule has 0 aliphatic heterocycles. The van der Waals surface area contributed by atoms with Gasteiger partial charge in [0.05, 0.1) is 0 Å². The zero-order valence-electron chi connectivity index (χ0n) is 10.9. The second-order valence-electron chi connectivity index (χ2n) is 5.49. The van der Waals surface area contributed by atoms with Crippen LogP contribution in [0.3, 0.4) is 0 Å². The Balaban J connectivity index is 2.11. The van der Waals surface area contributed by atoms with E-state index in [1.165, 1.54) is 25.7 Å². The molecule has 2 aliphatic carbocycles. The monoisotopic (exact) mass is 380 g/mol. The van der Waals surface area contributed by atoms with Crippen LogP contribution in [-0.2, 0) is 4.74 Å². The molecule has 0 aromatic heterocycles. The third kappa shape index (κ3) is 3.32. The number of ether oxygens (including phenoxy) is 1. The summed E-state index contributed by atoms with van der Waals surface area (Å²) in [6.07, 6.45) is 9.64. The normalized spacial score (nSPS) is 39.6. The van der Waals surface area contributed by atoms with Crippen molar-refractivity contribution in [2.45, 2.75) is 72.5 Å². The van der Waals surface area contributed by atoms with Crippen LogP contribution < -0.4 is 0 Å². The Labute approximate surface area is 127 Å². The van der Waals surface area contributed by atoms with Gasteiger partial charge in [0.25, 0.3) is 0 Å². The Bertz CT molecular complexity index is 275. The van der Waals surface area contributed by atoms with Gasteiger partial charge in [0.1, 0.15) is 0 Å². The predicted octanol–water partition coefficient (Wildman–Crippen LogP) is 5.42. The number of rotatable bonds is 3. The van der Waals surface area contributed by atoms with Crippen molar-refractivity contribution in [3.05, 3.63) is 0 Å². The Morgan fingerprint density at radius 1 is 0.889 bits per heavy atom. The molecule has 18 heavy (non-hydrogen) atoms. The average molecular weight is 381 g/mol. The molecule has 0 spiro atoms. The molecule has 0 bridgehead atoms. The van der Waals surface area contributed by atoms with Gasteiger partial charge < -0.3 is 0 Å². The van der Waals surface area contributed by atoms with E-state index in [2.05, 4.69) is 0 Å². The second kappa shape index (κ2) is 6.87. The van der Waals surface area contributed by atoms with Crippen molar-refractivity contribution in [2.75, 3.05) is 7.11 Å².